The molecular weight excluding hydrogens is 290 g/mol. The minimum atomic E-state index is 0.0496. The molecule has 24 heavy (non-hydrogen) atoms. The molecule has 1 N–H and O–H groups in total. The molecule has 0 aliphatic heterocycles. The van der Waals surface area contributed by atoms with Crippen molar-refractivity contribution in [1.82, 2.24) is 4.98 Å². The average molecular weight is 307 g/mol. The first-order valence-corrected chi connectivity index (χ1v) is 8.56. The number of hydrogen-bond acceptors (Lipinski definition) is 0. The molecule has 0 saturated carbocycles. The fourth-order valence-corrected chi connectivity index (χ4v) is 4.77. The highest BCUT2D eigenvalue weighted by Gasteiger charge is 2.34. The first-order chi connectivity index (χ1) is 11.7. The molecule has 4 aromatic carbocycles. The molecule has 1 aliphatic carbocycles. The van der Waals surface area contributed by atoms with Crippen LogP contribution in [-0.2, 0) is 5.41 Å². The summed E-state index contributed by atoms with van der Waals surface area (Å²) in [6, 6.07) is 22.3. The van der Waals surface area contributed by atoms with Gasteiger partial charge in [0.05, 0.1) is 5.52 Å². The lowest BCUT2D eigenvalue weighted by Gasteiger charge is -2.22. The van der Waals surface area contributed by atoms with E-state index in [1.165, 1.54) is 54.5 Å². The maximum atomic E-state index is 3.66. The standard InChI is InChI=1S/C23H17N/c1-23(2)17-8-5-6-13-10-11-15-21(20(13)17)18(23)12-16-14-7-3-4-9-19(14)24-22(15)16/h3-12,24H,1-2H3. The van der Waals surface area contributed by atoms with Crippen molar-refractivity contribution in [3.8, 4) is 0 Å². The summed E-state index contributed by atoms with van der Waals surface area (Å²) in [5, 5.41) is 8.24. The second-order valence-electron chi connectivity index (χ2n) is 7.53. The van der Waals surface area contributed by atoms with Crippen molar-refractivity contribution in [3.63, 3.8) is 0 Å². The first-order valence-electron chi connectivity index (χ1n) is 8.56. The highest BCUT2D eigenvalue weighted by atomic mass is 14.7. The second-order valence-corrected chi connectivity index (χ2v) is 7.53. The largest absolute Gasteiger partial charge is 0.354 e. The maximum absolute atomic E-state index is 3.66. The summed E-state index contributed by atoms with van der Waals surface area (Å²) >= 11 is 0. The Kier molecular flexibility index (Phi) is 2.00. The zero-order chi connectivity index (χ0) is 16.1. The summed E-state index contributed by atoms with van der Waals surface area (Å²) < 4.78 is 0. The lowest BCUT2D eigenvalue weighted by Crippen LogP contribution is -2.15. The van der Waals surface area contributed by atoms with Gasteiger partial charge in [-0.25, -0.2) is 0 Å². The van der Waals surface area contributed by atoms with Crippen molar-refractivity contribution in [1.29, 1.82) is 0 Å². The topological polar surface area (TPSA) is 15.8 Å². The van der Waals surface area contributed by atoms with Gasteiger partial charge in [-0.05, 0) is 39.4 Å². The average Bonchev–Trinajstić information content (AvgIpc) is 3.08. The number of hydrogen-bond donors (Lipinski definition) is 1. The van der Waals surface area contributed by atoms with E-state index in [1.54, 1.807) is 0 Å². The van der Waals surface area contributed by atoms with Gasteiger partial charge in [0.1, 0.15) is 0 Å². The number of aromatic nitrogens is 1. The Morgan fingerprint density at radius 1 is 0.708 bits per heavy atom. The van der Waals surface area contributed by atoms with Crippen molar-refractivity contribution in [2.24, 2.45) is 0 Å². The SMILES string of the molecule is CC1(C)c2cccc3ccc4c5[nH]c6ccccc6c5cc1c4c23. The van der Waals surface area contributed by atoms with Gasteiger partial charge in [-0.2, -0.15) is 0 Å². The van der Waals surface area contributed by atoms with Gasteiger partial charge in [-0.3, -0.25) is 0 Å². The molecule has 1 aromatic heterocycles. The van der Waals surface area contributed by atoms with E-state index < -0.39 is 0 Å². The van der Waals surface area contributed by atoms with Crippen LogP contribution in [0.25, 0.3) is 43.4 Å². The zero-order valence-corrected chi connectivity index (χ0v) is 13.8. The molecule has 0 saturated heterocycles. The third kappa shape index (κ3) is 1.25. The van der Waals surface area contributed by atoms with E-state index >= 15 is 0 Å². The second kappa shape index (κ2) is 3.81. The number of fused-ring (bicyclic) bond motifs is 4. The zero-order valence-electron chi connectivity index (χ0n) is 13.8. The molecule has 5 aromatic rings. The summed E-state index contributed by atoms with van der Waals surface area (Å²) in [4.78, 5) is 3.66. The van der Waals surface area contributed by atoms with Gasteiger partial charge in [0, 0.05) is 27.1 Å². The molecule has 1 heteroatoms. The van der Waals surface area contributed by atoms with E-state index in [4.69, 9.17) is 0 Å². The minimum Gasteiger partial charge on any atom is -0.354 e. The van der Waals surface area contributed by atoms with Crippen LogP contribution in [0.4, 0.5) is 0 Å². The van der Waals surface area contributed by atoms with Crippen molar-refractivity contribution in [2.45, 2.75) is 19.3 Å². The summed E-state index contributed by atoms with van der Waals surface area (Å²) in [5.41, 5.74) is 5.45. The Labute approximate surface area is 139 Å². The van der Waals surface area contributed by atoms with Crippen LogP contribution in [0.5, 0.6) is 0 Å². The van der Waals surface area contributed by atoms with Crippen LogP contribution >= 0.6 is 0 Å². The lowest BCUT2D eigenvalue weighted by molar-refractivity contribution is 0.663. The third-order valence-corrected chi connectivity index (χ3v) is 5.97. The van der Waals surface area contributed by atoms with E-state index in [1.807, 2.05) is 0 Å². The Balaban J connectivity index is 1.98. The number of aromatic amines is 1. The van der Waals surface area contributed by atoms with Crippen LogP contribution in [0.2, 0.25) is 0 Å². The molecule has 0 amide bonds. The smallest absolute Gasteiger partial charge is 0.0544 e. The molecule has 0 fully saturated rings. The fraction of sp³-hybridized carbons (Fsp3) is 0.130. The van der Waals surface area contributed by atoms with Crippen LogP contribution < -0.4 is 0 Å². The van der Waals surface area contributed by atoms with Gasteiger partial charge in [-0.1, -0.05) is 62.4 Å². The third-order valence-electron chi connectivity index (χ3n) is 5.97. The van der Waals surface area contributed by atoms with Crippen molar-refractivity contribution < 1.29 is 0 Å². The van der Waals surface area contributed by atoms with Gasteiger partial charge < -0.3 is 4.98 Å². The lowest BCUT2D eigenvalue weighted by atomic mass is 9.81. The Morgan fingerprint density at radius 2 is 1.58 bits per heavy atom. The molecular formula is C23H17N. The van der Waals surface area contributed by atoms with Crippen LogP contribution in [-0.4, -0.2) is 4.98 Å². The highest BCUT2D eigenvalue weighted by molar-refractivity contribution is 6.25. The summed E-state index contributed by atoms with van der Waals surface area (Å²) in [5.74, 6) is 0. The monoisotopic (exact) mass is 307 g/mol. The van der Waals surface area contributed by atoms with Gasteiger partial charge in [0.25, 0.3) is 0 Å². The van der Waals surface area contributed by atoms with Crippen LogP contribution in [0.3, 0.4) is 0 Å². The number of H-pyrrole nitrogens is 1. The van der Waals surface area contributed by atoms with E-state index in [-0.39, 0.29) is 5.41 Å². The van der Waals surface area contributed by atoms with Crippen LogP contribution in [0, 0.1) is 0 Å². The minimum absolute atomic E-state index is 0.0496. The highest BCUT2D eigenvalue weighted by Crippen LogP contribution is 2.50. The number of nitrogens with one attached hydrogen (secondary N) is 1. The molecule has 0 spiro atoms. The van der Waals surface area contributed by atoms with Gasteiger partial charge >= 0.3 is 0 Å². The van der Waals surface area contributed by atoms with E-state index in [2.05, 4.69) is 79.5 Å². The molecule has 1 nitrogen and oxygen atoms in total. The number of benzene rings is 4. The molecule has 6 rings (SSSR count). The quantitative estimate of drug-likeness (QED) is 0.325. The van der Waals surface area contributed by atoms with E-state index in [0.29, 0.717) is 0 Å². The van der Waals surface area contributed by atoms with Crippen LogP contribution in [0.1, 0.15) is 25.0 Å². The molecule has 0 unspecified atom stereocenters. The van der Waals surface area contributed by atoms with Crippen molar-refractivity contribution in [2.75, 3.05) is 0 Å². The summed E-state index contributed by atoms with van der Waals surface area (Å²) in [6.45, 7) is 4.72. The molecule has 1 aliphatic rings. The maximum Gasteiger partial charge on any atom is 0.0544 e. The van der Waals surface area contributed by atoms with Gasteiger partial charge in [0.2, 0.25) is 0 Å². The summed E-state index contributed by atoms with van der Waals surface area (Å²) in [7, 11) is 0. The molecule has 0 bridgehead atoms. The molecule has 0 radical (unpaired) electrons. The number of para-hydroxylation sites is 1. The number of rotatable bonds is 0. The van der Waals surface area contributed by atoms with E-state index in [0.717, 1.165) is 0 Å². The predicted molar refractivity (Wildman–Crippen MR) is 103 cm³/mol. The predicted octanol–water partition coefficient (Wildman–Crippen LogP) is 6.27. The summed E-state index contributed by atoms with van der Waals surface area (Å²) in [6.07, 6.45) is 0. The normalized spacial score (nSPS) is 15.4. The Bertz CT molecular complexity index is 1320. The Hall–Kier alpha value is -2.80. The molecule has 0 atom stereocenters. The fourth-order valence-electron chi connectivity index (χ4n) is 4.77. The molecule has 1 heterocycles. The van der Waals surface area contributed by atoms with Gasteiger partial charge in [0.15, 0.2) is 0 Å². The van der Waals surface area contributed by atoms with E-state index in [9.17, 15) is 0 Å². The Morgan fingerprint density at radius 3 is 2.50 bits per heavy atom. The first kappa shape index (κ1) is 12.6. The van der Waals surface area contributed by atoms with Crippen molar-refractivity contribution >= 4 is 43.4 Å². The van der Waals surface area contributed by atoms with Crippen molar-refractivity contribution in [3.05, 3.63) is 71.8 Å². The van der Waals surface area contributed by atoms with Crippen LogP contribution in [0.15, 0.2) is 60.7 Å². The molecule has 114 valence electrons. The van der Waals surface area contributed by atoms with Gasteiger partial charge in [-0.15, -0.1) is 0 Å².